The van der Waals surface area contributed by atoms with Crippen LogP contribution in [-0.2, 0) is 0 Å². The molecule has 0 saturated carbocycles. The molecule has 0 aliphatic heterocycles. The Hall–Kier alpha value is -2.22. The van der Waals surface area contributed by atoms with Crippen LogP contribution in [0.15, 0.2) is 52.9 Å². The third-order valence-electron chi connectivity index (χ3n) is 2.87. The van der Waals surface area contributed by atoms with E-state index in [4.69, 9.17) is 4.42 Å². The highest BCUT2D eigenvalue weighted by Gasteiger charge is 2.07. The molecule has 3 rings (SSSR count). The topological polar surface area (TPSA) is 36.2 Å². The van der Waals surface area contributed by atoms with Gasteiger partial charge in [-0.3, -0.25) is 0 Å². The quantitative estimate of drug-likeness (QED) is 0.633. The molecule has 1 heterocycles. The zero-order chi connectivity index (χ0) is 11.8. The van der Waals surface area contributed by atoms with Gasteiger partial charge in [-0.15, -0.1) is 0 Å². The van der Waals surface area contributed by atoms with E-state index >= 15 is 0 Å². The summed E-state index contributed by atoms with van der Waals surface area (Å²) in [5, 5.41) is 12.8. The molecule has 17 heavy (non-hydrogen) atoms. The largest absolute Gasteiger partial charge is 0.578 e. The van der Waals surface area contributed by atoms with Gasteiger partial charge in [0.05, 0.1) is 5.95 Å². The van der Waals surface area contributed by atoms with Gasteiger partial charge in [-0.05, 0) is 23.9 Å². The Morgan fingerprint density at radius 3 is 2.53 bits per heavy atom. The molecule has 0 aliphatic rings. The molecule has 2 heteroatoms. The fourth-order valence-corrected chi connectivity index (χ4v) is 2.07. The summed E-state index contributed by atoms with van der Waals surface area (Å²) in [6.07, 6.45) is 0. The molecule has 0 unspecified atom stereocenters. The first-order valence-corrected chi connectivity index (χ1v) is 5.51. The van der Waals surface area contributed by atoms with Crippen molar-refractivity contribution in [2.24, 2.45) is 0 Å². The summed E-state index contributed by atoms with van der Waals surface area (Å²) in [5.74, 6) is -0.267. The highest BCUT2D eigenvalue weighted by molar-refractivity contribution is 5.97. The normalized spacial score (nSPS) is 10.9. The highest BCUT2D eigenvalue weighted by Crippen LogP contribution is 2.37. The van der Waals surface area contributed by atoms with Crippen molar-refractivity contribution in [2.45, 2.75) is 6.92 Å². The fraction of sp³-hybridized carbons (Fsp3) is 0.0667. The number of furan rings is 1. The van der Waals surface area contributed by atoms with Crippen LogP contribution < -0.4 is 5.11 Å². The van der Waals surface area contributed by atoms with Crippen LogP contribution in [-0.4, -0.2) is 0 Å². The Kier molecular flexibility index (Phi) is 2.15. The van der Waals surface area contributed by atoms with E-state index in [0.29, 0.717) is 11.1 Å². The maximum Gasteiger partial charge on any atom is 0.0646 e. The molecule has 84 valence electrons. The molecule has 0 spiro atoms. The van der Waals surface area contributed by atoms with Crippen molar-refractivity contribution in [1.29, 1.82) is 0 Å². The lowest BCUT2D eigenvalue weighted by molar-refractivity contribution is -0.291. The maximum atomic E-state index is 11.9. The minimum absolute atomic E-state index is 0.267. The molecule has 3 aromatic rings. The van der Waals surface area contributed by atoms with Crippen LogP contribution in [0.1, 0.15) is 5.56 Å². The van der Waals surface area contributed by atoms with Crippen molar-refractivity contribution in [3.05, 3.63) is 54.1 Å². The van der Waals surface area contributed by atoms with E-state index in [1.54, 1.807) is 0 Å². The van der Waals surface area contributed by atoms with Gasteiger partial charge in [0.2, 0.25) is 0 Å². The summed E-state index contributed by atoms with van der Waals surface area (Å²) in [5.41, 5.74) is 3.33. The lowest BCUT2D eigenvalue weighted by atomic mass is 10.0. The number of fused-ring (bicyclic) bond motifs is 1. The van der Waals surface area contributed by atoms with Gasteiger partial charge in [-0.2, -0.15) is 0 Å². The van der Waals surface area contributed by atoms with E-state index in [-0.39, 0.29) is 5.95 Å². The van der Waals surface area contributed by atoms with Gasteiger partial charge >= 0.3 is 0 Å². The van der Waals surface area contributed by atoms with Gasteiger partial charge in [-0.25, -0.2) is 0 Å². The molecule has 2 aromatic carbocycles. The SMILES string of the molecule is Cc1ccc2oc([O-])c(-c3ccccc3)c2c1. The second kappa shape index (κ2) is 3.67. The average molecular weight is 223 g/mol. The lowest BCUT2D eigenvalue weighted by Gasteiger charge is -2.03. The molecule has 1 aromatic heterocycles. The van der Waals surface area contributed by atoms with E-state index in [1.807, 2.05) is 55.5 Å². The zero-order valence-electron chi connectivity index (χ0n) is 9.44. The van der Waals surface area contributed by atoms with Crippen molar-refractivity contribution >= 4 is 11.0 Å². The Balaban J connectivity index is 2.35. The van der Waals surface area contributed by atoms with Crippen LogP contribution in [0.2, 0.25) is 0 Å². The Labute approximate surface area is 99.1 Å². The standard InChI is InChI=1S/C15H12O2/c1-10-7-8-13-12(9-10)14(15(16)17-13)11-5-3-2-4-6-11/h2-9,16H,1H3/p-1. The second-order valence-corrected chi connectivity index (χ2v) is 4.13. The summed E-state index contributed by atoms with van der Waals surface area (Å²) in [6, 6.07) is 15.4. The summed E-state index contributed by atoms with van der Waals surface area (Å²) < 4.78 is 5.25. The van der Waals surface area contributed by atoms with Gasteiger partial charge in [0.15, 0.2) is 0 Å². The molecular weight excluding hydrogens is 212 g/mol. The van der Waals surface area contributed by atoms with Crippen LogP contribution in [0.4, 0.5) is 0 Å². The van der Waals surface area contributed by atoms with Crippen molar-refractivity contribution in [2.75, 3.05) is 0 Å². The van der Waals surface area contributed by atoms with Crippen molar-refractivity contribution < 1.29 is 9.52 Å². The number of benzene rings is 2. The highest BCUT2D eigenvalue weighted by atomic mass is 16.5. The second-order valence-electron chi connectivity index (χ2n) is 4.13. The molecule has 0 aliphatic carbocycles. The first kappa shape index (κ1) is 9.97. The van der Waals surface area contributed by atoms with Crippen molar-refractivity contribution in [3.63, 3.8) is 0 Å². The minimum Gasteiger partial charge on any atom is -0.578 e. The number of hydrogen-bond donors (Lipinski definition) is 0. The molecule has 0 bridgehead atoms. The van der Waals surface area contributed by atoms with Gasteiger partial charge in [-0.1, -0.05) is 48.0 Å². The molecule has 0 N–H and O–H groups in total. The molecule has 0 radical (unpaired) electrons. The van der Waals surface area contributed by atoms with E-state index in [2.05, 4.69) is 0 Å². The van der Waals surface area contributed by atoms with Crippen molar-refractivity contribution in [3.8, 4) is 17.1 Å². The van der Waals surface area contributed by atoms with Crippen LogP contribution >= 0.6 is 0 Å². The van der Waals surface area contributed by atoms with E-state index < -0.39 is 0 Å². The molecule has 2 nitrogen and oxygen atoms in total. The zero-order valence-corrected chi connectivity index (χ0v) is 9.44. The predicted molar refractivity (Wildman–Crippen MR) is 65.8 cm³/mol. The fourth-order valence-electron chi connectivity index (χ4n) is 2.07. The summed E-state index contributed by atoms with van der Waals surface area (Å²) >= 11 is 0. The number of aryl methyl sites for hydroxylation is 1. The molecule has 0 atom stereocenters. The summed E-state index contributed by atoms with van der Waals surface area (Å²) in [6.45, 7) is 2.01. The minimum atomic E-state index is -0.267. The third-order valence-corrected chi connectivity index (χ3v) is 2.87. The Bertz CT molecular complexity index is 666. The van der Waals surface area contributed by atoms with Crippen LogP contribution in [0.3, 0.4) is 0 Å². The maximum absolute atomic E-state index is 11.9. The number of hydrogen-bond acceptors (Lipinski definition) is 2. The van der Waals surface area contributed by atoms with Gasteiger partial charge in [0, 0.05) is 11.1 Å². The third kappa shape index (κ3) is 1.58. The lowest BCUT2D eigenvalue weighted by Crippen LogP contribution is -1.88. The first-order chi connectivity index (χ1) is 8.25. The van der Waals surface area contributed by atoms with Crippen LogP contribution in [0, 0.1) is 6.92 Å². The number of rotatable bonds is 1. The first-order valence-electron chi connectivity index (χ1n) is 5.51. The summed E-state index contributed by atoms with van der Waals surface area (Å²) in [7, 11) is 0. The van der Waals surface area contributed by atoms with Gasteiger partial charge < -0.3 is 9.52 Å². The van der Waals surface area contributed by atoms with Crippen molar-refractivity contribution in [1.82, 2.24) is 0 Å². The monoisotopic (exact) mass is 223 g/mol. The van der Waals surface area contributed by atoms with Crippen LogP contribution in [0.5, 0.6) is 5.95 Å². The van der Waals surface area contributed by atoms with Gasteiger partial charge in [0.1, 0.15) is 0 Å². The summed E-state index contributed by atoms with van der Waals surface area (Å²) in [4.78, 5) is 0. The molecular formula is C15H11O2-. The van der Waals surface area contributed by atoms with E-state index in [0.717, 1.165) is 16.5 Å². The molecule has 0 amide bonds. The predicted octanol–water partition coefficient (Wildman–Crippen LogP) is 3.48. The average Bonchev–Trinajstić information content (AvgIpc) is 2.65. The van der Waals surface area contributed by atoms with Crippen LogP contribution in [0.25, 0.3) is 22.1 Å². The Morgan fingerprint density at radius 2 is 1.76 bits per heavy atom. The smallest absolute Gasteiger partial charge is 0.0646 e. The Morgan fingerprint density at radius 1 is 1.00 bits per heavy atom. The molecule has 0 fully saturated rings. The van der Waals surface area contributed by atoms with E-state index in [9.17, 15) is 5.11 Å². The van der Waals surface area contributed by atoms with Gasteiger partial charge in [0.25, 0.3) is 0 Å². The molecule has 0 saturated heterocycles. The van der Waals surface area contributed by atoms with E-state index in [1.165, 1.54) is 0 Å².